The minimum atomic E-state index is -0.276. The molecule has 6 heteroatoms. The van der Waals surface area contributed by atoms with E-state index in [-0.39, 0.29) is 18.4 Å². The number of nitrogens with zero attached hydrogens (tertiary/aromatic N) is 3. The Morgan fingerprint density at radius 1 is 0.867 bits per heavy atom. The van der Waals surface area contributed by atoms with Crippen molar-refractivity contribution in [1.29, 1.82) is 0 Å². The van der Waals surface area contributed by atoms with Gasteiger partial charge in [-0.05, 0) is 42.7 Å². The molecule has 0 spiro atoms. The molecule has 2 aliphatic heterocycles. The van der Waals surface area contributed by atoms with Gasteiger partial charge in [0.05, 0.1) is 17.9 Å². The van der Waals surface area contributed by atoms with E-state index in [0.29, 0.717) is 36.6 Å². The van der Waals surface area contributed by atoms with Gasteiger partial charge in [0.2, 0.25) is 0 Å². The van der Waals surface area contributed by atoms with Crippen molar-refractivity contribution in [3.05, 3.63) is 70.9 Å². The molecule has 0 aromatic heterocycles. The Balaban J connectivity index is 1.76. The fourth-order valence-corrected chi connectivity index (χ4v) is 4.12. The first kappa shape index (κ1) is 20.3. The predicted octanol–water partition coefficient (Wildman–Crippen LogP) is 2.20. The lowest BCUT2D eigenvalue weighted by Crippen LogP contribution is -2.48. The summed E-state index contributed by atoms with van der Waals surface area (Å²) in [4.78, 5) is 32.5. The van der Waals surface area contributed by atoms with Crippen LogP contribution in [-0.2, 0) is 9.59 Å². The van der Waals surface area contributed by atoms with Crippen LogP contribution in [0.15, 0.2) is 54.2 Å². The Labute approximate surface area is 177 Å². The number of β-amino-alcohol motifs (C(OH)–C–C–N with tert-alkyl or cyclic N) is 1. The summed E-state index contributed by atoms with van der Waals surface area (Å²) in [5, 5.41) is 9.20. The Hall–Kier alpha value is -2.96. The molecule has 2 aliphatic rings. The second kappa shape index (κ2) is 8.42. The van der Waals surface area contributed by atoms with E-state index in [0.717, 1.165) is 29.8 Å². The van der Waals surface area contributed by atoms with Gasteiger partial charge >= 0.3 is 0 Å². The summed E-state index contributed by atoms with van der Waals surface area (Å²) in [5.74, 6) is -0.544. The predicted molar refractivity (Wildman–Crippen MR) is 117 cm³/mol. The van der Waals surface area contributed by atoms with Gasteiger partial charge in [-0.25, -0.2) is 4.90 Å². The molecule has 4 rings (SSSR count). The van der Waals surface area contributed by atoms with Gasteiger partial charge < -0.3 is 10.0 Å². The molecule has 6 nitrogen and oxygen atoms in total. The molecule has 1 saturated heterocycles. The van der Waals surface area contributed by atoms with Crippen LogP contribution in [0.3, 0.4) is 0 Å². The number of imide groups is 1. The molecule has 2 aromatic rings. The fourth-order valence-electron chi connectivity index (χ4n) is 4.12. The summed E-state index contributed by atoms with van der Waals surface area (Å²) in [6, 6.07) is 15.0. The van der Waals surface area contributed by atoms with Crippen LogP contribution in [-0.4, -0.2) is 66.1 Å². The molecular weight excluding hydrogens is 378 g/mol. The number of carbonyl (C=O) groups is 2. The maximum absolute atomic E-state index is 13.5. The second-order valence-electron chi connectivity index (χ2n) is 7.86. The summed E-state index contributed by atoms with van der Waals surface area (Å²) >= 11 is 0. The quantitative estimate of drug-likeness (QED) is 0.773. The topological polar surface area (TPSA) is 64.1 Å². The summed E-state index contributed by atoms with van der Waals surface area (Å²) in [6.45, 7) is 7.58. The van der Waals surface area contributed by atoms with Gasteiger partial charge in [0.15, 0.2) is 0 Å². The number of carbonyl (C=O) groups excluding carboxylic acids is 2. The minimum Gasteiger partial charge on any atom is -0.395 e. The van der Waals surface area contributed by atoms with Crippen molar-refractivity contribution in [3.8, 4) is 0 Å². The van der Waals surface area contributed by atoms with E-state index in [1.165, 1.54) is 4.90 Å². The highest BCUT2D eigenvalue weighted by molar-refractivity contribution is 6.45. The molecular formula is C24H27N3O3. The number of amides is 2. The first-order chi connectivity index (χ1) is 14.5. The van der Waals surface area contributed by atoms with E-state index in [9.17, 15) is 14.7 Å². The number of hydrogen-bond donors (Lipinski definition) is 1. The molecule has 0 saturated carbocycles. The van der Waals surface area contributed by atoms with Crippen molar-refractivity contribution in [2.24, 2.45) is 0 Å². The van der Waals surface area contributed by atoms with Crippen LogP contribution >= 0.6 is 0 Å². The third-order valence-electron chi connectivity index (χ3n) is 5.97. The van der Waals surface area contributed by atoms with E-state index in [4.69, 9.17) is 0 Å². The van der Waals surface area contributed by atoms with Crippen molar-refractivity contribution in [3.63, 3.8) is 0 Å². The number of hydrogen-bond acceptors (Lipinski definition) is 5. The molecule has 2 amide bonds. The lowest BCUT2D eigenvalue weighted by atomic mass is 9.99. The van der Waals surface area contributed by atoms with E-state index >= 15 is 0 Å². The SMILES string of the molecule is Cc1ccc(C2=C(N3CCN(CCO)CC3)C(=O)N(c3ccccc3)C2=O)cc1C. The van der Waals surface area contributed by atoms with Crippen LogP contribution in [0.4, 0.5) is 5.69 Å². The van der Waals surface area contributed by atoms with Gasteiger partial charge in [-0.3, -0.25) is 14.5 Å². The van der Waals surface area contributed by atoms with Crippen molar-refractivity contribution in [1.82, 2.24) is 9.80 Å². The van der Waals surface area contributed by atoms with Crippen LogP contribution in [0.5, 0.6) is 0 Å². The standard InChI is InChI=1S/C24H27N3O3/c1-17-8-9-19(16-18(17)2)21-22(26-12-10-25(11-13-26)14-15-28)24(30)27(23(21)29)20-6-4-3-5-7-20/h3-9,16,28H,10-15H2,1-2H3. The van der Waals surface area contributed by atoms with Gasteiger partial charge in [-0.15, -0.1) is 0 Å². The Kier molecular flexibility index (Phi) is 5.70. The maximum Gasteiger partial charge on any atom is 0.282 e. The molecule has 30 heavy (non-hydrogen) atoms. The summed E-state index contributed by atoms with van der Waals surface area (Å²) in [7, 11) is 0. The van der Waals surface area contributed by atoms with Crippen LogP contribution in [0.2, 0.25) is 0 Å². The second-order valence-corrected chi connectivity index (χ2v) is 7.86. The van der Waals surface area contributed by atoms with Gasteiger partial charge in [-0.1, -0.05) is 36.4 Å². The number of para-hydroxylation sites is 1. The Bertz CT molecular complexity index is 992. The largest absolute Gasteiger partial charge is 0.395 e. The molecule has 0 aliphatic carbocycles. The van der Waals surface area contributed by atoms with Crippen molar-refractivity contribution in [2.75, 3.05) is 44.2 Å². The van der Waals surface area contributed by atoms with Gasteiger partial charge in [0.1, 0.15) is 5.70 Å². The molecule has 156 valence electrons. The number of aryl methyl sites for hydroxylation is 2. The van der Waals surface area contributed by atoms with E-state index in [2.05, 4.69) is 4.90 Å². The molecule has 0 atom stereocenters. The highest BCUT2D eigenvalue weighted by atomic mass is 16.3. The molecule has 0 bridgehead atoms. The molecule has 1 N–H and O–H groups in total. The molecule has 0 unspecified atom stereocenters. The monoisotopic (exact) mass is 405 g/mol. The molecule has 1 fully saturated rings. The lowest BCUT2D eigenvalue weighted by molar-refractivity contribution is -0.120. The third-order valence-corrected chi connectivity index (χ3v) is 5.97. The van der Waals surface area contributed by atoms with Crippen molar-refractivity contribution in [2.45, 2.75) is 13.8 Å². The molecule has 2 heterocycles. The van der Waals surface area contributed by atoms with Gasteiger partial charge in [-0.2, -0.15) is 0 Å². The minimum absolute atomic E-state index is 0.121. The van der Waals surface area contributed by atoms with Crippen molar-refractivity contribution >= 4 is 23.1 Å². The fraction of sp³-hybridized carbons (Fsp3) is 0.333. The van der Waals surface area contributed by atoms with E-state index in [1.54, 1.807) is 12.1 Å². The maximum atomic E-state index is 13.5. The molecule has 2 aromatic carbocycles. The number of anilines is 1. The van der Waals surface area contributed by atoms with E-state index in [1.807, 2.05) is 55.1 Å². The van der Waals surface area contributed by atoms with Gasteiger partial charge in [0.25, 0.3) is 11.8 Å². The zero-order valence-electron chi connectivity index (χ0n) is 17.5. The Morgan fingerprint density at radius 2 is 1.57 bits per heavy atom. The number of rotatable bonds is 5. The van der Waals surface area contributed by atoms with Crippen molar-refractivity contribution < 1.29 is 14.7 Å². The summed E-state index contributed by atoms with van der Waals surface area (Å²) in [5.41, 5.74) is 4.56. The number of aliphatic hydroxyl groups is 1. The highest BCUT2D eigenvalue weighted by Crippen LogP contribution is 2.35. The van der Waals surface area contributed by atoms with E-state index < -0.39 is 0 Å². The Morgan fingerprint density at radius 3 is 2.20 bits per heavy atom. The first-order valence-electron chi connectivity index (χ1n) is 10.3. The van der Waals surface area contributed by atoms with Gasteiger partial charge in [0, 0.05) is 32.7 Å². The number of benzene rings is 2. The van der Waals surface area contributed by atoms with Crippen LogP contribution in [0, 0.1) is 13.8 Å². The summed E-state index contributed by atoms with van der Waals surface area (Å²) in [6.07, 6.45) is 0. The summed E-state index contributed by atoms with van der Waals surface area (Å²) < 4.78 is 0. The normalized spacial score (nSPS) is 18.0. The average molecular weight is 405 g/mol. The zero-order chi connectivity index (χ0) is 21.3. The number of aliphatic hydroxyl groups excluding tert-OH is 1. The third kappa shape index (κ3) is 3.64. The molecule has 0 radical (unpaired) electrons. The first-order valence-corrected chi connectivity index (χ1v) is 10.3. The zero-order valence-corrected chi connectivity index (χ0v) is 17.5. The van der Waals surface area contributed by atoms with Crippen LogP contribution < -0.4 is 4.90 Å². The van der Waals surface area contributed by atoms with Crippen LogP contribution in [0.1, 0.15) is 16.7 Å². The van der Waals surface area contributed by atoms with Crippen LogP contribution in [0.25, 0.3) is 5.57 Å². The average Bonchev–Trinajstić information content (AvgIpc) is 3.01. The number of piperazine rings is 1. The smallest absolute Gasteiger partial charge is 0.282 e. The highest BCUT2D eigenvalue weighted by Gasteiger charge is 2.43. The lowest BCUT2D eigenvalue weighted by Gasteiger charge is -2.36.